The van der Waals surface area contributed by atoms with Crippen LogP contribution >= 0.6 is 11.8 Å². The molecule has 1 fully saturated rings. The molecule has 0 N–H and O–H groups in total. The standard InChI is InChI=1S/C7H12OS/c1-2-6-9-7-4-3-5-8-7/h2,7H,1,3-6H2. The maximum absolute atomic E-state index is 5.37. The fraction of sp³-hybridized carbons (Fsp3) is 0.714. The highest BCUT2D eigenvalue weighted by molar-refractivity contribution is 7.99. The minimum atomic E-state index is 0.461. The Morgan fingerprint density at radius 3 is 3.22 bits per heavy atom. The Bertz CT molecular complexity index is 86.9. The Labute approximate surface area is 60.5 Å². The van der Waals surface area contributed by atoms with Crippen molar-refractivity contribution in [3.8, 4) is 0 Å². The molecule has 0 aromatic rings. The zero-order valence-corrected chi connectivity index (χ0v) is 6.32. The largest absolute Gasteiger partial charge is 0.368 e. The van der Waals surface area contributed by atoms with Crippen molar-refractivity contribution < 1.29 is 4.74 Å². The van der Waals surface area contributed by atoms with Gasteiger partial charge >= 0.3 is 0 Å². The zero-order valence-electron chi connectivity index (χ0n) is 5.51. The molecule has 0 aromatic heterocycles. The topological polar surface area (TPSA) is 9.23 Å². The van der Waals surface area contributed by atoms with E-state index in [-0.39, 0.29) is 0 Å². The first-order chi connectivity index (χ1) is 4.43. The van der Waals surface area contributed by atoms with E-state index in [0.29, 0.717) is 5.44 Å². The molecule has 2 heteroatoms. The third kappa shape index (κ3) is 2.41. The minimum absolute atomic E-state index is 0.461. The van der Waals surface area contributed by atoms with Gasteiger partial charge in [0.2, 0.25) is 0 Å². The van der Waals surface area contributed by atoms with Gasteiger partial charge in [-0.2, -0.15) is 0 Å². The Morgan fingerprint density at radius 1 is 1.78 bits per heavy atom. The summed E-state index contributed by atoms with van der Waals surface area (Å²) in [5.74, 6) is 1.02. The first-order valence-electron chi connectivity index (χ1n) is 3.27. The Hall–Kier alpha value is 0.0500. The van der Waals surface area contributed by atoms with E-state index in [1.54, 1.807) is 0 Å². The van der Waals surface area contributed by atoms with Crippen LogP contribution in [0.3, 0.4) is 0 Å². The van der Waals surface area contributed by atoms with Crippen LogP contribution in [-0.4, -0.2) is 17.8 Å². The summed E-state index contributed by atoms with van der Waals surface area (Å²) in [6, 6.07) is 0. The molecular weight excluding hydrogens is 132 g/mol. The van der Waals surface area contributed by atoms with Gasteiger partial charge in [-0.05, 0) is 12.8 Å². The van der Waals surface area contributed by atoms with Crippen LogP contribution in [0.2, 0.25) is 0 Å². The van der Waals surface area contributed by atoms with E-state index in [4.69, 9.17) is 4.74 Å². The predicted molar refractivity (Wildman–Crippen MR) is 41.6 cm³/mol. The molecule has 0 amide bonds. The molecule has 1 rings (SSSR count). The van der Waals surface area contributed by atoms with Crippen LogP contribution in [0.4, 0.5) is 0 Å². The van der Waals surface area contributed by atoms with Gasteiger partial charge in [0.15, 0.2) is 0 Å². The molecule has 52 valence electrons. The number of rotatable bonds is 3. The van der Waals surface area contributed by atoms with E-state index in [1.807, 2.05) is 17.8 Å². The van der Waals surface area contributed by atoms with Gasteiger partial charge in [0.05, 0.1) is 0 Å². The number of hydrogen-bond acceptors (Lipinski definition) is 2. The summed E-state index contributed by atoms with van der Waals surface area (Å²) < 4.78 is 5.37. The highest BCUT2D eigenvalue weighted by atomic mass is 32.2. The highest BCUT2D eigenvalue weighted by Gasteiger charge is 2.13. The molecule has 0 saturated carbocycles. The van der Waals surface area contributed by atoms with E-state index in [2.05, 4.69) is 6.58 Å². The maximum Gasteiger partial charge on any atom is 0.103 e. The molecule has 1 aliphatic heterocycles. The van der Waals surface area contributed by atoms with E-state index in [1.165, 1.54) is 12.8 Å². The van der Waals surface area contributed by atoms with Crippen molar-refractivity contribution in [2.24, 2.45) is 0 Å². The fourth-order valence-corrected chi connectivity index (χ4v) is 1.73. The Kier molecular flexibility index (Phi) is 3.15. The van der Waals surface area contributed by atoms with Gasteiger partial charge < -0.3 is 4.74 Å². The quantitative estimate of drug-likeness (QED) is 0.561. The lowest BCUT2D eigenvalue weighted by molar-refractivity contribution is 0.174. The van der Waals surface area contributed by atoms with Crippen LogP contribution in [0.1, 0.15) is 12.8 Å². The number of ether oxygens (including phenoxy) is 1. The summed E-state index contributed by atoms with van der Waals surface area (Å²) in [6.07, 6.45) is 4.37. The van der Waals surface area contributed by atoms with E-state index in [0.717, 1.165) is 12.4 Å². The lowest BCUT2D eigenvalue weighted by atomic mass is 10.4. The van der Waals surface area contributed by atoms with Crippen molar-refractivity contribution in [3.05, 3.63) is 12.7 Å². The van der Waals surface area contributed by atoms with Crippen molar-refractivity contribution in [3.63, 3.8) is 0 Å². The first kappa shape index (κ1) is 7.16. The zero-order chi connectivity index (χ0) is 6.53. The molecule has 0 aromatic carbocycles. The average molecular weight is 144 g/mol. The Morgan fingerprint density at radius 2 is 2.67 bits per heavy atom. The van der Waals surface area contributed by atoms with Crippen molar-refractivity contribution in [2.75, 3.05) is 12.4 Å². The second-order valence-corrected chi connectivity index (χ2v) is 3.26. The number of hydrogen-bond donors (Lipinski definition) is 0. The lowest BCUT2D eigenvalue weighted by Crippen LogP contribution is -1.97. The highest BCUT2D eigenvalue weighted by Crippen LogP contribution is 2.23. The fourth-order valence-electron chi connectivity index (χ4n) is 0.855. The molecular formula is C7H12OS. The lowest BCUT2D eigenvalue weighted by Gasteiger charge is -2.04. The Balaban J connectivity index is 2.04. The van der Waals surface area contributed by atoms with Crippen LogP contribution < -0.4 is 0 Å². The molecule has 1 atom stereocenters. The molecule has 0 bridgehead atoms. The molecule has 1 saturated heterocycles. The average Bonchev–Trinajstić information content (AvgIpc) is 2.34. The van der Waals surface area contributed by atoms with Crippen LogP contribution in [0, 0.1) is 0 Å². The summed E-state index contributed by atoms with van der Waals surface area (Å²) >= 11 is 1.84. The summed E-state index contributed by atoms with van der Waals surface area (Å²) in [5, 5.41) is 0. The normalized spacial score (nSPS) is 26.4. The molecule has 1 nitrogen and oxygen atoms in total. The van der Waals surface area contributed by atoms with Crippen LogP contribution in [0.5, 0.6) is 0 Å². The summed E-state index contributed by atoms with van der Waals surface area (Å²) in [4.78, 5) is 0. The van der Waals surface area contributed by atoms with Gasteiger partial charge in [0.25, 0.3) is 0 Å². The van der Waals surface area contributed by atoms with Crippen molar-refractivity contribution >= 4 is 11.8 Å². The van der Waals surface area contributed by atoms with Crippen molar-refractivity contribution in [2.45, 2.75) is 18.3 Å². The first-order valence-corrected chi connectivity index (χ1v) is 4.32. The van der Waals surface area contributed by atoms with Gasteiger partial charge in [0.1, 0.15) is 5.44 Å². The molecule has 0 spiro atoms. The molecule has 1 unspecified atom stereocenters. The van der Waals surface area contributed by atoms with Crippen molar-refractivity contribution in [1.29, 1.82) is 0 Å². The number of thioether (sulfide) groups is 1. The third-order valence-electron chi connectivity index (χ3n) is 1.29. The van der Waals surface area contributed by atoms with Gasteiger partial charge in [-0.1, -0.05) is 6.08 Å². The summed E-state index contributed by atoms with van der Waals surface area (Å²) in [7, 11) is 0. The molecule has 0 radical (unpaired) electrons. The van der Waals surface area contributed by atoms with Gasteiger partial charge in [-0.25, -0.2) is 0 Å². The second kappa shape index (κ2) is 3.96. The predicted octanol–water partition coefficient (Wildman–Crippen LogP) is 2.04. The second-order valence-electron chi connectivity index (χ2n) is 2.06. The van der Waals surface area contributed by atoms with Gasteiger partial charge in [0, 0.05) is 12.4 Å². The van der Waals surface area contributed by atoms with E-state index in [9.17, 15) is 0 Å². The van der Waals surface area contributed by atoms with Crippen LogP contribution in [0.25, 0.3) is 0 Å². The SMILES string of the molecule is C=CCSC1CCCO1. The molecule has 1 aliphatic rings. The molecule has 9 heavy (non-hydrogen) atoms. The smallest absolute Gasteiger partial charge is 0.103 e. The third-order valence-corrected chi connectivity index (χ3v) is 2.46. The maximum atomic E-state index is 5.37. The molecule has 1 heterocycles. The van der Waals surface area contributed by atoms with E-state index >= 15 is 0 Å². The van der Waals surface area contributed by atoms with Gasteiger partial charge in [-0.15, -0.1) is 18.3 Å². The van der Waals surface area contributed by atoms with Crippen molar-refractivity contribution in [1.82, 2.24) is 0 Å². The van der Waals surface area contributed by atoms with Crippen LogP contribution in [-0.2, 0) is 4.74 Å². The molecule has 0 aliphatic carbocycles. The minimum Gasteiger partial charge on any atom is -0.368 e. The summed E-state index contributed by atoms with van der Waals surface area (Å²) in [6.45, 7) is 4.60. The van der Waals surface area contributed by atoms with E-state index < -0.39 is 0 Å². The summed E-state index contributed by atoms with van der Waals surface area (Å²) in [5.41, 5.74) is 0.461. The monoisotopic (exact) mass is 144 g/mol. The van der Waals surface area contributed by atoms with Crippen LogP contribution in [0.15, 0.2) is 12.7 Å². The van der Waals surface area contributed by atoms with Gasteiger partial charge in [-0.3, -0.25) is 0 Å².